The second-order valence-electron chi connectivity index (χ2n) is 5.31. The Hall–Kier alpha value is -1.35. The van der Waals surface area contributed by atoms with Gasteiger partial charge in [0.15, 0.2) is 0 Å². The number of benzene rings is 1. The maximum absolute atomic E-state index is 11.6. The number of hydrogen-bond acceptors (Lipinski definition) is 3. The van der Waals surface area contributed by atoms with Gasteiger partial charge in [-0.2, -0.15) is 0 Å². The molecular formula is C14H21NO2. The largest absolute Gasteiger partial charge is 0.460 e. The van der Waals surface area contributed by atoms with Gasteiger partial charge >= 0.3 is 5.97 Å². The highest BCUT2D eigenvalue weighted by Gasteiger charge is 2.19. The van der Waals surface area contributed by atoms with Gasteiger partial charge < -0.3 is 10.5 Å². The van der Waals surface area contributed by atoms with Crippen molar-refractivity contribution in [2.24, 2.45) is 5.73 Å². The number of aryl methyl sites for hydroxylation is 1. The first-order chi connectivity index (χ1) is 7.78. The average Bonchev–Trinajstić information content (AvgIpc) is 2.15. The van der Waals surface area contributed by atoms with E-state index < -0.39 is 5.60 Å². The zero-order valence-corrected chi connectivity index (χ0v) is 11.0. The molecule has 3 heteroatoms. The highest BCUT2D eigenvalue weighted by atomic mass is 16.6. The van der Waals surface area contributed by atoms with Crippen molar-refractivity contribution in [2.45, 2.75) is 45.8 Å². The molecule has 0 aromatic heterocycles. The van der Waals surface area contributed by atoms with E-state index in [2.05, 4.69) is 0 Å². The van der Waals surface area contributed by atoms with Gasteiger partial charge in [0.05, 0.1) is 6.42 Å². The van der Waals surface area contributed by atoms with Gasteiger partial charge in [-0.15, -0.1) is 0 Å². The Kier molecular flexibility index (Phi) is 4.29. The molecule has 3 nitrogen and oxygen atoms in total. The van der Waals surface area contributed by atoms with Gasteiger partial charge in [0.2, 0.25) is 0 Å². The van der Waals surface area contributed by atoms with E-state index in [1.54, 1.807) is 0 Å². The Bertz CT molecular complexity index is 376. The Morgan fingerprint density at radius 2 is 1.82 bits per heavy atom. The molecule has 0 amide bonds. The van der Waals surface area contributed by atoms with Crippen LogP contribution in [0.2, 0.25) is 0 Å². The quantitative estimate of drug-likeness (QED) is 0.819. The molecule has 94 valence electrons. The third-order valence-electron chi connectivity index (χ3n) is 2.31. The molecule has 0 saturated heterocycles. The minimum Gasteiger partial charge on any atom is -0.460 e. The van der Waals surface area contributed by atoms with Crippen LogP contribution >= 0.6 is 0 Å². The van der Waals surface area contributed by atoms with Crippen molar-refractivity contribution >= 4 is 5.97 Å². The van der Waals surface area contributed by atoms with Crippen LogP contribution in [-0.2, 0) is 9.53 Å². The molecule has 2 N–H and O–H groups in total. The molecular weight excluding hydrogens is 214 g/mol. The van der Waals surface area contributed by atoms with Crippen LogP contribution in [0.25, 0.3) is 0 Å². The summed E-state index contributed by atoms with van der Waals surface area (Å²) in [5, 5.41) is 0. The van der Waals surface area contributed by atoms with Crippen LogP contribution < -0.4 is 5.73 Å². The van der Waals surface area contributed by atoms with Gasteiger partial charge in [0, 0.05) is 6.04 Å². The molecule has 0 unspecified atom stereocenters. The van der Waals surface area contributed by atoms with Crippen molar-refractivity contribution in [3.63, 3.8) is 0 Å². The van der Waals surface area contributed by atoms with Crippen LogP contribution in [0.15, 0.2) is 24.3 Å². The normalized spacial score (nSPS) is 13.2. The monoisotopic (exact) mass is 235 g/mol. The molecule has 17 heavy (non-hydrogen) atoms. The Labute approximate surface area is 103 Å². The first-order valence-corrected chi connectivity index (χ1v) is 5.82. The number of hydrogen-bond donors (Lipinski definition) is 1. The fraction of sp³-hybridized carbons (Fsp3) is 0.500. The second-order valence-corrected chi connectivity index (χ2v) is 5.31. The summed E-state index contributed by atoms with van der Waals surface area (Å²) in [5.41, 5.74) is 7.65. The summed E-state index contributed by atoms with van der Waals surface area (Å²) in [7, 11) is 0. The summed E-state index contributed by atoms with van der Waals surface area (Å²) >= 11 is 0. The average molecular weight is 235 g/mol. The lowest BCUT2D eigenvalue weighted by atomic mass is 10.0. The minimum absolute atomic E-state index is 0.209. The predicted molar refractivity (Wildman–Crippen MR) is 68.6 cm³/mol. The van der Waals surface area contributed by atoms with Crippen LogP contribution in [0.4, 0.5) is 0 Å². The van der Waals surface area contributed by atoms with E-state index in [1.165, 1.54) is 5.56 Å². The van der Waals surface area contributed by atoms with Crippen molar-refractivity contribution in [1.29, 1.82) is 0 Å². The third-order valence-corrected chi connectivity index (χ3v) is 2.31. The van der Waals surface area contributed by atoms with Gasteiger partial charge in [0.1, 0.15) is 5.60 Å². The fourth-order valence-electron chi connectivity index (χ4n) is 1.49. The summed E-state index contributed by atoms with van der Waals surface area (Å²) in [4.78, 5) is 11.6. The summed E-state index contributed by atoms with van der Waals surface area (Å²) in [6.45, 7) is 7.57. The first-order valence-electron chi connectivity index (χ1n) is 5.82. The van der Waals surface area contributed by atoms with Gasteiger partial charge in [-0.3, -0.25) is 4.79 Å². The zero-order chi connectivity index (χ0) is 13.1. The molecule has 0 aliphatic carbocycles. The van der Waals surface area contributed by atoms with E-state index >= 15 is 0 Å². The van der Waals surface area contributed by atoms with E-state index in [0.29, 0.717) is 0 Å². The van der Waals surface area contributed by atoms with Crippen molar-refractivity contribution < 1.29 is 9.53 Å². The van der Waals surface area contributed by atoms with Crippen LogP contribution in [0, 0.1) is 6.92 Å². The molecule has 0 spiro atoms. The molecule has 0 saturated carbocycles. The van der Waals surface area contributed by atoms with Crippen molar-refractivity contribution in [2.75, 3.05) is 0 Å². The van der Waals surface area contributed by atoms with E-state index in [0.717, 1.165) is 5.56 Å². The van der Waals surface area contributed by atoms with E-state index in [1.807, 2.05) is 52.0 Å². The van der Waals surface area contributed by atoms with E-state index in [-0.39, 0.29) is 18.4 Å². The third kappa shape index (κ3) is 5.00. The highest BCUT2D eigenvalue weighted by molar-refractivity contribution is 5.70. The van der Waals surface area contributed by atoms with E-state index in [9.17, 15) is 4.79 Å². The smallest absolute Gasteiger partial charge is 0.308 e. The highest BCUT2D eigenvalue weighted by Crippen LogP contribution is 2.17. The molecule has 0 heterocycles. The molecule has 0 aliphatic heterocycles. The van der Waals surface area contributed by atoms with Gasteiger partial charge in [-0.25, -0.2) is 0 Å². The van der Waals surface area contributed by atoms with Crippen LogP contribution in [0.1, 0.15) is 44.4 Å². The standard InChI is InChI=1S/C14H21NO2/c1-10-5-7-11(8-6-10)12(15)9-13(16)17-14(2,3)4/h5-8,12H,9,15H2,1-4H3/t12-/m0/s1. The van der Waals surface area contributed by atoms with Crippen LogP contribution in [0.3, 0.4) is 0 Å². The number of rotatable bonds is 3. The zero-order valence-electron chi connectivity index (χ0n) is 11.0. The predicted octanol–water partition coefficient (Wildman–Crippen LogP) is 2.73. The number of ether oxygens (including phenoxy) is 1. The first kappa shape index (κ1) is 13.7. The van der Waals surface area contributed by atoms with Gasteiger partial charge in [-0.1, -0.05) is 29.8 Å². The maximum atomic E-state index is 11.6. The van der Waals surface area contributed by atoms with E-state index in [4.69, 9.17) is 10.5 Å². The second kappa shape index (κ2) is 5.32. The van der Waals surface area contributed by atoms with Crippen molar-refractivity contribution in [3.05, 3.63) is 35.4 Å². The molecule has 1 aromatic carbocycles. The maximum Gasteiger partial charge on any atom is 0.308 e. The summed E-state index contributed by atoms with van der Waals surface area (Å²) in [6.07, 6.45) is 0.209. The molecule has 0 fully saturated rings. The molecule has 1 atom stereocenters. The van der Waals surface area contributed by atoms with Crippen molar-refractivity contribution in [1.82, 2.24) is 0 Å². The number of esters is 1. The summed E-state index contributed by atoms with van der Waals surface area (Å²) < 4.78 is 5.23. The summed E-state index contributed by atoms with van der Waals surface area (Å²) in [5.74, 6) is -0.259. The molecule has 0 aliphatic rings. The molecule has 1 rings (SSSR count). The molecule has 0 radical (unpaired) electrons. The number of nitrogens with two attached hydrogens (primary N) is 1. The lowest BCUT2D eigenvalue weighted by Crippen LogP contribution is -2.26. The SMILES string of the molecule is Cc1ccc([C@@H](N)CC(=O)OC(C)(C)C)cc1. The van der Waals surface area contributed by atoms with Crippen LogP contribution in [-0.4, -0.2) is 11.6 Å². The number of carbonyl (C=O) groups excluding carboxylic acids is 1. The van der Waals surface area contributed by atoms with Gasteiger partial charge in [0.25, 0.3) is 0 Å². The molecule has 0 bridgehead atoms. The molecule has 1 aromatic rings. The fourth-order valence-corrected chi connectivity index (χ4v) is 1.49. The summed E-state index contributed by atoms with van der Waals surface area (Å²) in [6, 6.07) is 7.58. The Balaban J connectivity index is 2.57. The Morgan fingerprint density at radius 3 is 2.29 bits per heavy atom. The lowest BCUT2D eigenvalue weighted by molar-refractivity contribution is -0.155. The minimum atomic E-state index is -0.454. The van der Waals surface area contributed by atoms with Crippen LogP contribution in [0.5, 0.6) is 0 Å². The Morgan fingerprint density at radius 1 is 1.29 bits per heavy atom. The topological polar surface area (TPSA) is 52.3 Å². The van der Waals surface area contributed by atoms with Gasteiger partial charge in [-0.05, 0) is 33.3 Å². The number of carbonyl (C=O) groups is 1. The lowest BCUT2D eigenvalue weighted by Gasteiger charge is -2.21. The van der Waals surface area contributed by atoms with Crippen molar-refractivity contribution in [3.8, 4) is 0 Å².